The van der Waals surface area contributed by atoms with E-state index < -0.39 is 0 Å². The lowest BCUT2D eigenvalue weighted by atomic mass is 10.1. The summed E-state index contributed by atoms with van der Waals surface area (Å²) in [6.45, 7) is 3.99. The normalized spacial score (nSPS) is 14.1. The van der Waals surface area contributed by atoms with E-state index in [4.69, 9.17) is 16.0 Å². The lowest BCUT2D eigenvalue weighted by Gasteiger charge is -2.27. The van der Waals surface area contributed by atoms with Crippen LogP contribution in [-0.2, 0) is 0 Å². The first-order chi connectivity index (χ1) is 11.2. The zero-order valence-electron chi connectivity index (χ0n) is 14.0. The molecule has 2 N–H and O–H groups in total. The number of nitrogens with zero attached hydrogens (tertiary/aromatic N) is 3. The minimum Gasteiger partial charge on any atom is -0.450 e. The number of rotatable bonds is 2. The predicted octanol–water partition coefficient (Wildman–Crippen LogP) is 4.44. The van der Waals surface area contributed by atoms with Gasteiger partial charge in [-0.15, -0.1) is 12.4 Å². The molecule has 0 saturated carbocycles. The minimum absolute atomic E-state index is 0. The molecular formula is C18H21Cl2N3O2. The van der Waals surface area contributed by atoms with Crippen LogP contribution in [0.3, 0.4) is 0 Å². The second kappa shape index (κ2) is 8.04. The van der Waals surface area contributed by atoms with Gasteiger partial charge in [-0.2, -0.15) is 0 Å². The van der Waals surface area contributed by atoms with E-state index in [0.717, 1.165) is 52.2 Å². The Morgan fingerprint density at radius 3 is 2.40 bits per heavy atom. The smallest absolute Gasteiger partial charge is 0.195 e. The van der Waals surface area contributed by atoms with Crippen LogP contribution in [0.1, 0.15) is 25.1 Å². The fraction of sp³-hybridized carbons (Fsp3) is 0.333. The summed E-state index contributed by atoms with van der Waals surface area (Å²) in [4.78, 5) is 11.5. The molecule has 0 bridgehead atoms. The van der Waals surface area contributed by atoms with Crippen molar-refractivity contribution in [3.63, 3.8) is 0 Å². The second-order valence-electron chi connectivity index (χ2n) is 5.97. The van der Waals surface area contributed by atoms with E-state index in [1.807, 2.05) is 37.3 Å². The Labute approximate surface area is 157 Å². The van der Waals surface area contributed by atoms with Gasteiger partial charge in [-0.25, -0.2) is 9.97 Å². The summed E-state index contributed by atoms with van der Waals surface area (Å²) in [5, 5.41) is 0.717. The van der Waals surface area contributed by atoms with Crippen LogP contribution in [0.25, 0.3) is 22.4 Å². The first kappa shape index (κ1) is 19.5. The number of hydrogen-bond donors (Lipinski definition) is 0. The minimum atomic E-state index is 0. The largest absolute Gasteiger partial charge is 0.450 e. The Kier molecular flexibility index (Phi) is 6.27. The lowest BCUT2D eigenvalue weighted by molar-refractivity contribution is 0.565. The highest BCUT2D eigenvalue weighted by molar-refractivity contribution is 6.30. The van der Waals surface area contributed by atoms with Gasteiger partial charge < -0.3 is 14.8 Å². The van der Waals surface area contributed by atoms with Crippen molar-refractivity contribution in [1.82, 2.24) is 9.97 Å². The molecule has 0 aliphatic carbocycles. The van der Waals surface area contributed by atoms with E-state index in [0.29, 0.717) is 0 Å². The summed E-state index contributed by atoms with van der Waals surface area (Å²) in [6, 6.07) is 9.64. The molecule has 4 rings (SSSR count). The van der Waals surface area contributed by atoms with Crippen LogP contribution >= 0.6 is 24.0 Å². The van der Waals surface area contributed by atoms with Gasteiger partial charge in [0.05, 0.1) is 0 Å². The van der Waals surface area contributed by atoms with Crippen molar-refractivity contribution in [2.75, 3.05) is 18.0 Å². The standard InChI is InChI=1S/C18H18ClN3O.ClH.H2O/c1-12-20-15-11-16(13-5-7-14(19)8-6-13)23-17(15)18(21-12)22-9-3-2-4-10-22;;/h5-8,11H,2-4,9-10H2,1H3;1H;1H2. The molecule has 1 aliphatic rings. The first-order valence-corrected chi connectivity index (χ1v) is 8.37. The number of furan rings is 1. The molecule has 7 heteroatoms. The predicted molar refractivity (Wildman–Crippen MR) is 104 cm³/mol. The summed E-state index contributed by atoms with van der Waals surface area (Å²) in [5.41, 5.74) is 2.64. The van der Waals surface area contributed by atoms with E-state index in [9.17, 15) is 0 Å². The molecule has 1 fully saturated rings. The number of fused-ring (bicyclic) bond motifs is 1. The van der Waals surface area contributed by atoms with Crippen LogP contribution in [0.4, 0.5) is 5.82 Å². The number of halogens is 2. The van der Waals surface area contributed by atoms with Crippen molar-refractivity contribution in [1.29, 1.82) is 0 Å². The van der Waals surface area contributed by atoms with E-state index in [1.165, 1.54) is 19.3 Å². The van der Waals surface area contributed by atoms with Gasteiger partial charge in [0.15, 0.2) is 11.4 Å². The molecule has 3 aromatic rings. The Morgan fingerprint density at radius 2 is 1.72 bits per heavy atom. The van der Waals surface area contributed by atoms with E-state index >= 15 is 0 Å². The average molecular weight is 382 g/mol. The third kappa shape index (κ3) is 3.89. The summed E-state index contributed by atoms with van der Waals surface area (Å²) in [5.74, 6) is 2.50. The lowest BCUT2D eigenvalue weighted by Crippen LogP contribution is -2.30. The number of benzene rings is 1. The van der Waals surface area contributed by atoms with Crippen molar-refractivity contribution >= 4 is 40.9 Å². The summed E-state index contributed by atoms with van der Waals surface area (Å²) >= 11 is 5.97. The SMILES string of the molecule is Cc1nc(N2CCCCC2)c2oc(-c3ccc(Cl)cc3)cc2n1.Cl.O. The average Bonchev–Trinajstić information content (AvgIpc) is 2.99. The topological polar surface area (TPSA) is 73.7 Å². The van der Waals surface area contributed by atoms with Crippen molar-refractivity contribution in [2.24, 2.45) is 0 Å². The molecule has 0 unspecified atom stereocenters. The Bertz CT molecular complexity index is 843. The monoisotopic (exact) mass is 381 g/mol. The molecule has 0 spiro atoms. The Morgan fingerprint density at radius 1 is 1.04 bits per heavy atom. The van der Waals surface area contributed by atoms with Crippen molar-refractivity contribution in [3.05, 3.63) is 41.2 Å². The highest BCUT2D eigenvalue weighted by Gasteiger charge is 2.20. The zero-order valence-corrected chi connectivity index (χ0v) is 15.5. The van der Waals surface area contributed by atoms with Gasteiger partial charge in [0.1, 0.15) is 17.1 Å². The van der Waals surface area contributed by atoms with Crippen LogP contribution in [0.5, 0.6) is 0 Å². The highest BCUT2D eigenvalue weighted by Crippen LogP contribution is 2.33. The van der Waals surface area contributed by atoms with E-state index in [2.05, 4.69) is 14.9 Å². The van der Waals surface area contributed by atoms with Gasteiger partial charge in [-0.05, 0) is 50.5 Å². The maximum atomic E-state index is 6.12. The van der Waals surface area contributed by atoms with Crippen LogP contribution in [0.15, 0.2) is 34.7 Å². The maximum Gasteiger partial charge on any atom is 0.195 e. The summed E-state index contributed by atoms with van der Waals surface area (Å²) in [6.07, 6.45) is 3.70. The Balaban J connectivity index is 0.00000113. The fourth-order valence-electron chi connectivity index (χ4n) is 3.10. The van der Waals surface area contributed by atoms with Crippen LogP contribution in [0, 0.1) is 6.92 Å². The van der Waals surface area contributed by atoms with Crippen LogP contribution < -0.4 is 4.90 Å². The molecular weight excluding hydrogens is 361 g/mol. The third-order valence-electron chi connectivity index (χ3n) is 4.25. The molecule has 0 amide bonds. The quantitative estimate of drug-likeness (QED) is 0.657. The number of anilines is 1. The van der Waals surface area contributed by atoms with Gasteiger partial charge in [-0.1, -0.05) is 11.6 Å². The van der Waals surface area contributed by atoms with E-state index in [-0.39, 0.29) is 17.9 Å². The molecule has 5 nitrogen and oxygen atoms in total. The summed E-state index contributed by atoms with van der Waals surface area (Å²) in [7, 11) is 0. The molecule has 2 aromatic heterocycles. The molecule has 1 aromatic carbocycles. The molecule has 134 valence electrons. The van der Waals surface area contributed by atoms with Gasteiger partial charge in [0.2, 0.25) is 0 Å². The number of aryl methyl sites for hydroxylation is 1. The van der Waals surface area contributed by atoms with Crippen molar-refractivity contribution in [3.8, 4) is 11.3 Å². The van der Waals surface area contributed by atoms with Crippen molar-refractivity contribution in [2.45, 2.75) is 26.2 Å². The second-order valence-corrected chi connectivity index (χ2v) is 6.41. The first-order valence-electron chi connectivity index (χ1n) is 8.00. The maximum absolute atomic E-state index is 6.12. The molecule has 0 atom stereocenters. The van der Waals surface area contributed by atoms with Crippen molar-refractivity contribution < 1.29 is 9.89 Å². The third-order valence-corrected chi connectivity index (χ3v) is 4.50. The van der Waals surface area contributed by atoms with Gasteiger partial charge >= 0.3 is 0 Å². The molecule has 0 radical (unpaired) electrons. The van der Waals surface area contributed by atoms with Crippen LogP contribution in [0.2, 0.25) is 5.02 Å². The zero-order chi connectivity index (χ0) is 15.8. The molecule has 3 heterocycles. The number of aromatic nitrogens is 2. The van der Waals surface area contributed by atoms with Crippen LogP contribution in [-0.4, -0.2) is 28.5 Å². The van der Waals surface area contributed by atoms with E-state index in [1.54, 1.807) is 0 Å². The van der Waals surface area contributed by atoms with Gasteiger partial charge in [0, 0.05) is 29.7 Å². The molecule has 1 saturated heterocycles. The summed E-state index contributed by atoms with van der Waals surface area (Å²) < 4.78 is 6.12. The van der Waals surface area contributed by atoms with Gasteiger partial charge in [-0.3, -0.25) is 0 Å². The molecule has 25 heavy (non-hydrogen) atoms. The number of hydrogen-bond acceptors (Lipinski definition) is 4. The Hall–Kier alpha value is -1.82. The van der Waals surface area contributed by atoms with Gasteiger partial charge in [0.25, 0.3) is 0 Å². The highest BCUT2D eigenvalue weighted by atomic mass is 35.5. The molecule has 1 aliphatic heterocycles. The number of piperidine rings is 1. The fourth-order valence-corrected chi connectivity index (χ4v) is 3.23.